The largest absolute Gasteiger partial charge is 0.369 e. The molecule has 5 nitrogen and oxygen atoms in total. The Hall–Kier alpha value is -1.40. The molecular weight excluding hydrogens is 300 g/mol. The maximum atomic E-state index is 11.8. The van der Waals surface area contributed by atoms with Gasteiger partial charge in [0.2, 0.25) is 15.9 Å². The molecule has 3 N–H and O–H groups in total. The van der Waals surface area contributed by atoms with Gasteiger partial charge < -0.3 is 5.73 Å². The molecule has 0 aliphatic carbocycles. The first-order valence-electron chi connectivity index (χ1n) is 7.37. The van der Waals surface area contributed by atoms with Crippen LogP contribution in [0.1, 0.15) is 51.7 Å². The summed E-state index contributed by atoms with van der Waals surface area (Å²) in [5.74, 6) is -0.336. The van der Waals surface area contributed by atoms with Crippen LogP contribution in [0.5, 0.6) is 0 Å². The molecule has 1 aromatic rings. The number of rotatable bonds is 7. The van der Waals surface area contributed by atoms with Crippen LogP contribution in [0, 0.1) is 0 Å². The maximum absolute atomic E-state index is 11.8. The third-order valence-corrected chi connectivity index (χ3v) is 5.84. The Kier molecular flexibility index (Phi) is 5.76. The fourth-order valence-corrected chi connectivity index (χ4v) is 2.71. The summed E-state index contributed by atoms with van der Waals surface area (Å²) in [5.41, 5.74) is 6.54. The fraction of sp³-hybridized carbons (Fsp3) is 0.562. The monoisotopic (exact) mass is 326 g/mol. The number of hydrogen-bond acceptors (Lipinski definition) is 3. The highest BCUT2D eigenvalue weighted by atomic mass is 32.2. The van der Waals surface area contributed by atoms with Gasteiger partial charge in [-0.25, -0.2) is 13.1 Å². The number of sulfonamides is 1. The van der Waals surface area contributed by atoms with E-state index in [9.17, 15) is 13.2 Å². The van der Waals surface area contributed by atoms with Crippen LogP contribution in [-0.2, 0) is 20.2 Å². The van der Waals surface area contributed by atoms with Crippen LogP contribution in [0.4, 0.5) is 0 Å². The first-order valence-corrected chi connectivity index (χ1v) is 8.92. The van der Waals surface area contributed by atoms with Crippen LogP contribution >= 0.6 is 0 Å². The molecule has 1 aromatic carbocycles. The quantitative estimate of drug-likeness (QED) is 0.801. The predicted molar refractivity (Wildman–Crippen MR) is 89.1 cm³/mol. The van der Waals surface area contributed by atoms with Crippen LogP contribution in [0.3, 0.4) is 0 Å². The zero-order valence-electron chi connectivity index (χ0n) is 13.9. The normalized spacial score (nSPS) is 14.1. The number of carbonyl (C=O) groups excluding carboxylic acids is 1. The Labute approximate surface area is 133 Å². The van der Waals surface area contributed by atoms with Gasteiger partial charge >= 0.3 is 0 Å². The molecule has 6 heteroatoms. The highest BCUT2D eigenvalue weighted by Gasteiger charge is 2.27. The number of amides is 1. The minimum Gasteiger partial charge on any atom is -0.369 e. The lowest BCUT2D eigenvalue weighted by atomic mass is 9.83. The van der Waals surface area contributed by atoms with Crippen LogP contribution in [0.2, 0.25) is 0 Å². The predicted octanol–water partition coefficient (Wildman–Crippen LogP) is 1.88. The Bertz CT molecular complexity index is 619. The van der Waals surface area contributed by atoms with Crippen molar-refractivity contribution in [2.75, 3.05) is 6.54 Å². The molecule has 0 bridgehead atoms. The van der Waals surface area contributed by atoms with Gasteiger partial charge in [0, 0.05) is 6.54 Å². The Morgan fingerprint density at radius 1 is 1.18 bits per heavy atom. The molecule has 1 amide bonds. The number of nitrogens with two attached hydrogens (primary N) is 1. The average Bonchev–Trinajstić information content (AvgIpc) is 2.44. The van der Waals surface area contributed by atoms with Crippen LogP contribution in [0.25, 0.3) is 0 Å². The van der Waals surface area contributed by atoms with Crippen molar-refractivity contribution in [3.05, 3.63) is 35.4 Å². The van der Waals surface area contributed by atoms with Gasteiger partial charge in [-0.15, -0.1) is 0 Å². The topological polar surface area (TPSA) is 89.3 Å². The average molecular weight is 326 g/mol. The summed E-state index contributed by atoms with van der Waals surface area (Å²) in [6.45, 7) is 9.16. The van der Waals surface area contributed by atoms with E-state index in [-0.39, 0.29) is 11.8 Å². The van der Waals surface area contributed by atoms with Gasteiger partial charge in [-0.3, -0.25) is 4.79 Å². The minimum atomic E-state index is -3.26. The molecule has 0 spiro atoms. The summed E-state index contributed by atoms with van der Waals surface area (Å²) in [5, 5.41) is -0.446. The molecule has 0 fully saturated rings. The number of nitrogens with one attached hydrogen (secondary N) is 1. The molecule has 124 valence electrons. The van der Waals surface area contributed by atoms with Gasteiger partial charge in [-0.1, -0.05) is 31.2 Å². The van der Waals surface area contributed by atoms with Crippen molar-refractivity contribution in [1.29, 1.82) is 0 Å². The van der Waals surface area contributed by atoms with Gasteiger partial charge in [-0.2, -0.15) is 0 Å². The lowest BCUT2D eigenvalue weighted by molar-refractivity contribution is -0.122. The van der Waals surface area contributed by atoms with Crippen LogP contribution < -0.4 is 10.5 Å². The number of primary amides is 1. The van der Waals surface area contributed by atoms with Crippen molar-refractivity contribution >= 4 is 15.9 Å². The first-order chi connectivity index (χ1) is 9.98. The van der Waals surface area contributed by atoms with Crippen LogP contribution in [0.15, 0.2) is 24.3 Å². The van der Waals surface area contributed by atoms with Gasteiger partial charge in [0.15, 0.2) is 0 Å². The van der Waals surface area contributed by atoms with E-state index in [1.807, 2.05) is 31.2 Å². The van der Waals surface area contributed by atoms with E-state index < -0.39 is 20.7 Å². The van der Waals surface area contributed by atoms with Gasteiger partial charge in [-0.05, 0) is 44.7 Å². The van der Waals surface area contributed by atoms with Crippen LogP contribution in [-0.4, -0.2) is 26.1 Å². The van der Waals surface area contributed by atoms with Gasteiger partial charge in [0.25, 0.3) is 0 Å². The third kappa shape index (κ3) is 4.30. The highest BCUT2D eigenvalue weighted by Crippen LogP contribution is 2.25. The van der Waals surface area contributed by atoms with Crippen molar-refractivity contribution in [3.63, 3.8) is 0 Å². The minimum absolute atomic E-state index is 0.0410. The van der Waals surface area contributed by atoms with E-state index >= 15 is 0 Å². The van der Waals surface area contributed by atoms with Crippen molar-refractivity contribution in [1.82, 2.24) is 4.72 Å². The lowest BCUT2D eigenvalue weighted by Crippen LogP contribution is -2.35. The first kappa shape index (κ1) is 18.6. The SMILES string of the molecule is CC(CNS(=O)(=O)C(C)C)c1ccc(C(C)(C)C(N)=O)cc1. The number of hydrogen-bond donors (Lipinski definition) is 2. The van der Waals surface area contributed by atoms with E-state index in [2.05, 4.69) is 4.72 Å². The second-order valence-corrected chi connectivity index (χ2v) is 8.78. The van der Waals surface area contributed by atoms with E-state index in [4.69, 9.17) is 5.73 Å². The van der Waals surface area contributed by atoms with Gasteiger partial charge in [0.1, 0.15) is 0 Å². The van der Waals surface area contributed by atoms with Crippen molar-refractivity contribution < 1.29 is 13.2 Å². The Balaban J connectivity index is 2.81. The molecule has 0 heterocycles. The lowest BCUT2D eigenvalue weighted by Gasteiger charge is -2.22. The number of carbonyl (C=O) groups is 1. The Morgan fingerprint density at radius 2 is 1.68 bits per heavy atom. The smallest absolute Gasteiger partial charge is 0.227 e. The van der Waals surface area contributed by atoms with Crippen molar-refractivity contribution in [3.8, 4) is 0 Å². The summed E-state index contributed by atoms with van der Waals surface area (Å²) in [6.07, 6.45) is 0. The molecule has 1 rings (SSSR count). The number of benzene rings is 1. The molecule has 1 unspecified atom stereocenters. The molecule has 0 aromatic heterocycles. The maximum Gasteiger partial charge on any atom is 0.227 e. The third-order valence-electron chi connectivity index (χ3n) is 4.03. The van der Waals surface area contributed by atoms with Gasteiger partial charge in [0.05, 0.1) is 10.7 Å². The zero-order chi connectivity index (χ0) is 17.1. The van der Waals surface area contributed by atoms with Crippen molar-refractivity contribution in [2.45, 2.75) is 51.2 Å². The summed E-state index contributed by atoms with van der Waals surface area (Å²) < 4.78 is 26.1. The molecular formula is C16H26N2O3S. The molecule has 0 aliphatic rings. The molecule has 0 saturated heterocycles. The summed E-state index contributed by atoms with van der Waals surface area (Å²) in [6, 6.07) is 7.56. The van der Waals surface area contributed by atoms with E-state index in [1.165, 1.54) is 0 Å². The van der Waals surface area contributed by atoms with E-state index in [0.29, 0.717) is 6.54 Å². The molecule has 22 heavy (non-hydrogen) atoms. The molecule has 0 radical (unpaired) electrons. The summed E-state index contributed by atoms with van der Waals surface area (Å²) >= 11 is 0. The van der Waals surface area contributed by atoms with Crippen molar-refractivity contribution in [2.24, 2.45) is 5.73 Å². The Morgan fingerprint density at radius 3 is 2.09 bits per heavy atom. The molecule has 0 saturated carbocycles. The van der Waals surface area contributed by atoms with E-state index in [1.54, 1.807) is 27.7 Å². The second-order valence-electron chi connectivity index (χ2n) is 6.45. The zero-order valence-corrected chi connectivity index (χ0v) is 14.7. The summed E-state index contributed by atoms with van der Waals surface area (Å²) in [7, 11) is -3.26. The molecule has 1 atom stereocenters. The van der Waals surface area contributed by atoms with E-state index in [0.717, 1.165) is 11.1 Å². The standard InChI is InChI=1S/C16H26N2O3S/c1-11(2)22(20,21)18-10-12(3)13-6-8-14(9-7-13)16(4,5)15(17)19/h6-9,11-12,18H,10H2,1-5H3,(H2,17,19). The summed E-state index contributed by atoms with van der Waals surface area (Å²) in [4.78, 5) is 11.5. The second kappa shape index (κ2) is 6.79. The molecule has 0 aliphatic heterocycles. The highest BCUT2D eigenvalue weighted by molar-refractivity contribution is 7.90. The fourth-order valence-electron chi connectivity index (χ4n) is 1.90.